The van der Waals surface area contributed by atoms with Gasteiger partial charge in [0.1, 0.15) is 0 Å². The Kier molecular flexibility index (Phi) is 13.9. The molecule has 0 radical (unpaired) electrons. The summed E-state index contributed by atoms with van der Waals surface area (Å²) < 4.78 is 0. The number of rotatable bonds is 18. The van der Waals surface area contributed by atoms with Crippen LogP contribution in [0.25, 0.3) is 22.9 Å². The van der Waals surface area contributed by atoms with E-state index in [2.05, 4.69) is 106 Å². The highest BCUT2D eigenvalue weighted by atomic mass is 15.4. The van der Waals surface area contributed by atoms with Gasteiger partial charge in [-0.3, -0.25) is 10.9 Å². The van der Waals surface area contributed by atoms with Crippen LogP contribution >= 0.6 is 0 Å². The van der Waals surface area contributed by atoms with Crippen molar-refractivity contribution in [2.75, 3.05) is 10.9 Å². The second-order valence-corrected chi connectivity index (χ2v) is 11.1. The maximum atomic E-state index is 4.58. The summed E-state index contributed by atoms with van der Waals surface area (Å²) in [5, 5.41) is 19.9. The number of hydrogen-bond acceptors (Lipinski definition) is 6. The van der Waals surface area contributed by atoms with Crippen molar-refractivity contribution in [3.8, 4) is 0 Å². The largest absolute Gasteiger partial charge is 0.259 e. The van der Waals surface area contributed by atoms with Crippen molar-refractivity contribution < 1.29 is 0 Å². The zero-order valence-electron chi connectivity index (χ0n) is 26.3. The van der Waals surface area contributed by atoms with E-state index in [-0.39, 0.29) is 0 Å². The fraction of sp³-hybridized carbons (Fsp3) is 0.316. The number of aromatic nitrogens is 2. The molecule has 2 N–H and O–H groups in total. The highest BCUT2D eigenvalue weighted by molar-refractivity contribution is 5.99. The minimum Gasteiger partial charge on any atom is -0.259 e. The minimum atomic E-state index is 0.608. The van der Waals surface area contributed by atoms with Crippen molar-refractivity contribution in [2.45, 2.75) is 78.1 Å². The van der Waals surface area contributed by atoms with Gasteiger partial charge in [-0.15, -0.1) is 10.2 Å². The Labute approximate surface area is 263 Å². The molecule has 0 spiro atoms. The zero-order valence-corrected chi connectivity index (χ0v) is 26.3. The quantitative estimate of drug-likeness (QED) is 0.0691. The Morgan fingerprint density at radius 1 is 0.545 bits per heavy atom. The van der Waals surface area contributed by atoms with Crippen LogP contribution in [0.3, 0.4) is 0 Å². The maximum Gasteiger partial charge on any atom is 0.176 e. The van der Waals surface area contributed by atoms with Crippen LogP contribution in [0.5, 0.6) is 0 Å². The van der Waals surface area contributed by atoms with Crippen molar-refractivity contribution in [1.82, 2.24) is 10.2 Å². The third kappa shape index (κ3) is 10.9. The summed E-state index contributed by atoms with van der Waals surface area (Å²) in [6.45, 7) is 4.47. The molecule has 0 amide bonds. The molecule has 0 saturated heterocycles. The van der Waals surface area contributed by atoms with Gasteiger partial charge in [0.05, 0.1) is 12.4 Å². The summed E-state index contributed by atoms with van der Waals surface area (Å²) in [4.78, 5) is 0. The van der Waals surface area contributed by atoms with Gasteiger partial charge >= 0.3 is 0 Å². The van der Waals surface area contributed by atoms with Crippen molar-refractivity contribution in [2.24, 2.45) is 10.2 Å². The molecule has 228 valence electrons. The summed E-state index contributed by atoms with van der Waals surface area (Å²) >= 11 is 0. The molecule has 3 aromatic carbocycles. The van der Waals surface area contributed by atoms with Crippen LogP contribution in [0.1, 0.15) is 89.2 Å². The van der Waals surface area contributed by atoms with Crippen molar-refractivity contribution >= 4 is 47.0 Å². The number of nitrogens with zero attached hydrogens (tertiary/aromatic N) is 4. The van der Waals surface area contributed by atoms with Crippen LogP contribution in [-0.4, -0.2) is 22.6 Å². The second-order valence-electron chi connectivity index (χ2n) is 11.1. The predicted octanol–water partition coefficient (Wildman–Crippen LogP) is 10.5. The summed E-state index contributed by atoms with van der Waals surface area (Å²) in [5.41, 5.74) is 11.0. The lowest BCUT2D eigenvalue weighted by molar-refractivity contribution is 0.671. The van der Waals surface area contributed by atoms with Crippen LogP contribution in [0.2, 0.25) is 0 Å². The van der Waals surface area contributed by atoms with Gasteiger partial charge in [-0.1, -0.05) is 149 Å². The van der Waals surface area contributed by atoms with E-state index in [9.17, 15) is 0 Å². The average Bonchev–Trinajstić information content (AvgIpc) is 3.06. The monoisotopic (exact) mass is 586 g/mol. The third-order valence-corrected chi connectivity index (χ3v) is 7.43. The first-order valence-electron chi connectivity index (χ1n) is 16.1. The van der Waals surface area contributed by atoms with Gasteiger partial charge in [0.2, 0.25) is 0 Å². The standard InChI is InChI=1S/C38H46N6/c1-3-5-7-11-23-33(27-31-19-13-9-14-20-31)29-39-41-37-35-25-17-18-26-36(35)38(44-43-37)42-40-30-34(24-12-8-6-4-2)28-32-21-15-10-16-22-32/h9-10,13-22,25-30H,3-8,11-12,23-24H2,1-2H3,(H,41,43)(H,42,44)/b33-27-,34-28+,39-29+,40-30-. The molecule has 0 fully saturated rings. The van der Waals surface area contributed by atoms with E-state index < -0.39 is 0 Å². The molecule has 0 aliphatic carbocycles. The first-order chi connectivity index (χ1) is 21.8. The minimum absolute atomic E-state index is 0.608. The first-order valence-corrected chi connectivity index (χ1v) is 16.1. The lowest BCUT2D eigenvalue weighted by Gasteiger charge is -2.09. The molecule has 6 heteroatoms. The molecule has 0 aliphatic heterocycles. The van der Waals surface area contributed by atoms with Gasteiger partial charge < -0.3 is 0 Å². The van der Waals surface area contributed by atoms with Crippen molar-refractivity contribution in [3.05, 3.63) is 107 Å². The molecule has 0 bridgehead atoms. The van der Waals surface area contributed by atoms with E-state index >= 15 is 0 Å². The number of benzene rings is 3. The number of hydrazone groups is 2. The van der Waals surface area contributed by atoms with E-state index in [0.29, 0.717) is 11.6 Å². The number of allylic oxidation sites excluding steroid dienone is 2. The number of fused-ring (bicyclic) bond motifs is 1. The van der Waals surface area contributed by atoms with Gasteiger partial charge in [-0.05, 0) is 48.0 Å². The predicted molar refractivity (Wildman–Crippen MR) is 190 cm³/mol. The Morgan fingerprint density at radius 3 is 1.36 bits per heavy atom. The topological polar surface area (TPSA) is 74.6 Å². The van der Waals surface area contributed by atoms with Gasteiger partial charge in [0.15, 0.2) is 11.6 Å². The molecule has 6 nitrogen and oxygen atoms in total. The van der Waals surface area contributed by atoms with Crippen LogP contribution in [0.15, 0.2) is 106 Å². The highest BCUT2D eigenvalue weighted by Crippen LogP contribution is 2.26. The Bertz CT molecular complexity index is 1410. The number of anilines is 2. The SMILES string of the molecule is CCCCCCC(=C/c1ccccc1)/C=N/Nc1nnc(N/N=C\C(=C\c2ccccc2)CCCCCC)c2ccccc12. The van der Waals surface area contributed by atoms with E-state index in [0.717, 1.165) is 36.5 Å². The fourth-order valence-corrected chi connectivity index (χ4v) is 5.01. The lowest BCUT2D eigenvalue weighted by Crippen LogP contribution is -2.02. The fourth-order valence-electron chi connectivity index (χ4n) is 5.01. The molecule has 0 atom stereocenters. The normalized spacial score (nSPS) is 12.4. The van der Waals surface area contributed by atoms with E-state index in [1.54, 1.807) is 0 Å². The van der Waals surface area contributed by atoms with Crippen LogP contribution in [0.4, 0.5) is 11.6 Å². The number of hydrogen-bond donors (Lipinski definition) is 2. The smallest absolute Gasteiger partial charge is 0.176 e. The summed E-state index contributed by atoms with van der Waals surface area (Å²) in [6.07, 6.45) is 19.9. The van der Waals surface area contributed by atoms with E-state index in [4.69, 9.17) is 0 Å². The molecule has 1 heterocycles. The van der Waals surface area contributed by atoms with Crippen LogP contribution < -0.4 is 10.9 Å². The summed E-state index contributed by atoms with van der Waals surface area (Å²) in [7, 11) is 0. The Hall–Kier alpha value is -4.58. The van der Waals surface area contributed by atoms with E-state index in [1.807, 2.05) is 48.8 Å². The van der Waals surface area contributed by atoms with Gasteiger partial charge in [0, 0.05) is 10.8 Å². The first kappa shape index (κ1) is 32.3. The Balaban J connectivity index is 1.48. The summed E-state index contributed by atoms with van der Waals surface area (Å²) in [6, 6.07) is 28.8. The summed E-state index contributed by atoms with van der Waals surface area (Å²) in [5.74, 6) is 1.22. The zero-order chi connectivity index (χ0) is 30.7. The number of unbranched alkanes of at least 4 members (excludes halogenated alkanes) is 6. The molecule has 44 heavy (non-hydrogen) atoms. The molecule has 0 aliphatic rings. The van der Waals surface area contributed by atoms with Crippen LogP contribution in [0, 0.1) is 0 Å². The lowest BCUT2D eigenvalue weighted by atomic mass is 10.0. The molecule has 1 aromatic heterocycles. The molecule has 4 rings (SSSR count). The average molecular weight is 587 g/mol. The molecular formula is C38H46N6. The maximum absolute atomic E-state index is 4.58. The van der Waals surface area contributed by atoms with Crippen molar-refractivity contribution in [1.29, 1.82) is 0 Å². The van der Waals surface area contributed by atoms with E-state index in [1.165, 1.54) is 60.8 Å². The molecular weight excluding hydrogens is 540 g/mol. The Morgan fingerprint density at radius 2 is 0.955 bits per heavy atom. The van der Waals surface area contributed by atoms with Gasteiger partial charge in [-0.25, -0.2) is 0 Å². The highest BCUT2D eigenvalue weighted by Gasteiger charge is 2.08. The molecule has 0 saturated carbocycles. The number of nitrogens with one attached hydrogen (secondary N) is 2. The molecule has 0 unspecified atom stereocenters. The molecule has 4 aromatic rings. The third-order valence-electron chi connectivity index (χ3n) is 7.43. The van der Waals surface area contributed by atoms with Gasteiger partial charge in [0.25, 0.3) is 0 Å². The van der Waals surface area contributed by atoms with Crippen LogP contribution in [-0.2, 0) is 0 Å². The van der Waals surface area contributed by atoms with Gasteiger partial charge in [-0.2, -0.15) is 10.2 Å². The second kappa shape index (κ2) is 18.9. The van der Waals surface area contributed by atoms with Crippen molar-refractivity contribution in [3.63, 3.8) is 0 Å².